The van der Waals surface area contributed by atoms with Crippen LogP contribution in [-0.2, 0) is 16.2 Å². The molecule has 0 unspecified atom stereocenters. The van der Waals surface area contributed by atoms with E-state index in [0.29, 0.717) is 6.54 Å². The average molecular weight is 167 g/mol. The lowest BCUT2D eigenvalue weighted by molar-refractivity contribution is -0.349. The third-order valence-electron chi connectivity index (χ3n) is 1.56. The van der Waals surface area contributed by atoms with E-state index in [1.165, 1.54) is 5.23 Å². The van der Waals surface area contributed by atoms with Gasteiger partial charge in [0, 0.05) is 0 Å². The van der Waals surface area contributed by atoms with Crippen molar-refractivity contribution in [3.05, 3.63) is 35.9 Å². The molecule has 0 atom stereocenters. The smallest absolute Gasteiger partial charge is 0.0767 e. The quantitative estimate of drug-likeness (QED) is 0.636. The van der Waals surface area contributed by atoms with Crippen LogP contribution in [-0.4, -0.2) is 19.4 Å². The van der Waals surface area contributed by atoms with Crippen LogP contribution in [0, 0.1) is 0 Å². The monoisotopic (exact) mass is 167 g/mol. The second-order valence-electron chi connectivity index (χ2n) is 2.34. The Labute approximate surface area is 72.4 Å². The predicted molar refractivity (Wildman–Crippen MR) is 46.0 cm³/mol. The molecule has 12 heavy (non-hydrogen) atoms. The standard InChI is InChI=1S/C9H13NO2/c1-11-10(12-2)8-9-6-4-3-5-7-9/h3-7H,8H2,1-2H3. The van der Waals surface area contributed by atoms with Gasteiger partial charge in [-0.15, -0.1) is 0 Å². The molecule has 0 amide bonds. The van der Waals surface area contributed by atoms with E-state index in [4.69, 9.17) is 9.68 Å². The Bertz CT molecular complexity index is 209. The summed E-state index contributed by atoms with van der Waals surface area (Å²) in [6.45, 7) is 0.633. The van der Waals surface area contributed by atoms with Gasteiger partial charge in [0.2, 0.25) is 0 Å². The molecule has 0 aliphatic heterocycles. The lowest BCUT2D eigenvalue weighted by atomic mass is 10.2. The van der Waals surface area contributed by atoms with E-state index in [2.05, 4.69) is 0 Å². The minimum atomic E-state index is 0.633. The molecule has 66 valence electrons. The molecule has 0 saturated heterocycles. The van der Waals surface area contributed by atoms with Crippen LogP contribution in [0.1, 0.15) is 5.56 Å². The van der Waals surface area contributed by atoms with E-state index in [-0.39, 0.29) is 0 Å². The topological polar surface area (TPSA) is 21.7 Å². The largest absolute Gasteiger partial charge is 0.277 e. The van der Waals surface area contributed by atoms with Gasteiger partial charge in [0.05, 0.1) is 20.8 Å². The molecule has 0 heterocycles. The highest BCUT2D eigenvalue weighted by molar-refractivity contribution is 5.13. The van der Waals surface area contributed by atoms with E-state index in [1.807, 2.05) is 30.3 Å². The van der Waals surface area contributed by atoms with E-state index in [9.17, 15) is 0 Å². The van der Waals surface area contributed by atoms with Crippen molar-refractivity contribution in [2.45, 2.75) is 6.54 Å². The SMILES string of the molecule is CON(Cc1ccccc1)OC. The molecule has 0 aliphatic carbocycles. The first-order valence-corrected chi connectivity index (χ1v) is 3.76. The number of hydrogen-bond donors (Lipinski definition) is 0. The molecular formula is C9H13NO2. The fourth-order valence-electron chi connectivity index (χ4n) is 0.936. The van der Waals surface area contributed by atoms with Gasteiger partial charge < -0.3 is 0 Å². The highest BCUT2D eigenvalue weighted by Crippen LogP contribution is 2.03. The van der Waals surface area contributed by atoms with Crippen LogP contribution >= 0.6 is 0 Å². The van der Waals surface area contributed by atoms with Crippen LogP contribution in [0.5, 0.6) is 0 Å². The normalized spacial score (nSPS) is 10.6. The van der Waals surface area contributed by atoms with E-state index >= 15 is 0 Å². The first kappa shape index (κ1) is 9.19. The molecule has 1 aromatic carbocycles. The molecule has 0 N–H and O–H groups in total. The van der Waals surface area contributed by atoms with Crippen LogP contribution in [0.4, 0.5) is 0 Å². The lowest BCUT2D eigenvalue weighted by Crippen LogP contribution is -2.20. The summed E-state index contributed by atoms with van der Waals surface area (Å²) in [6, 6.07) is 9.99. The molecule has 1 aromatic rings. The molecule has 0 spiro atoms. The van der Waals surface area contributed by atoms with Crippen molar-refractivity contribution in [2.75, 3.05) is 14.2 Å². The second-order valence-corrected chi connectivity index (χ2v) is 2.34. The number of hydroxylamine groups is 2. The van der Waals surface area contributed by atoms with Crippen molar-refractivity contribution in [3.63, 3.8) is 0 Å². The zero-order valence-corrected chi connectivity index (χ0v) is 7.36. The summed E-state index contributed by atoms with van der Waals surface area (Å²) in [5, 5.41) is 1.41. The summed E-state index contributed by atoms with van der Waals surface area (Å²) in [5.74, 6) is 0. The van der Waals surface area contributed by atoms with E-state index in [0.717, 1.165) is 5.56 Å². The second kappa shape index (κ2) is 4.87. The van der Waals surface area contributed by atoms with Crippen LogP contribution in [0.2, 0.25) is 0 Å². The molecule has 0 aliphatic rings. The lowest BCUT2D eigenvalue weighted by Gasteiger charge is -2.15. The predicted octanol–water partition coefficient (Wildman–Crippen LogP) is 1.61. The fraction of sp³-hybridized carbons (Fsp3) is 0.333. The van der Waals surface area contributed by atoms with Crippen molar-refractivity contribution in [1.29, 1.82) is 0 Å². The summed E-state index contributed by atoms with van der Waals surface area (Å²) in [4.78, 5) is 9.83. The Kier molecular flexibility index (Phi) is 3.73. The van der Waals surface area contributed by atoms with Gasteiger partial charge in [0.15, 0.2) is 0 Å². The van der Waals surface area contributed by atoms with Crippen molar-refractivity contribution in [2.24, 2.45) is 0 Å². The van der Waals surface area contributed by atoms with Crippen LogP contribution in [0.3, 0.4) is 0 Å². The van der Waals surface area contributed by atoms with Crippen molar-refractivity contribution in [1.82, 2.24) is 5.23 Å². The van der Waals surface area contributed by atoms with Gasteiger partial charge in [0.1, 0.15) is 0 Å². The minimum Gasteiger partial charge on any atom is -0.277 e. The maximum Gasteiger partial charge on any atom is 0.0767 e. The van der Waals surface area contributed by atoms with Gasteiger partial charge in [-0.05, 0) is 5.56 Å². The highest BCUT2D eigenvalue weighted by Gasteiger charge is 2.01. The number of nitrogens with zero attached hydrogens (tertiary/aromatic N) is 1. The minimum absolute atomic E-state index is 0.633. The molecule has 1 rings (SSSR count). The maximum atomic E-state index is 4.91. The Balaban J connectivity index is 2.51. The van der Waals surface area contributed by atoms with Crippen molar-refractivity contribution in [3.8, 4) is 0 Å². The van der Waals surface area contributed by atoms with Gasteiger partial charge in [-0.2, -0.15) is 0 Å². The number of hydrogen-bond acceptors (Lipinski definition) is 3. The van der Waals surface area contributed by atoms with Crippen LogP contribution in [0.15, 0.2) is 30.3 Å². The molecule has 0 fully saturated rings. The Morgan fingerprint density at radius 3 is 2.17 bits per heavy atom. The first-order chi connectivity index (χ1) is 5.86. The van der Waals surface area contributed by atoms with Crippen molar-refractivity contribution >= 4 is 0 Å². The fourth-order valence-corrected chi connectivity index (χ4v) is 0.936. The molecular weight excluding hydrogens is 154 g/mol. The molecule has 0 saturated carbocycles. The highest BCUT2D eigenvalue weighted by atomic mass is 16.9. The Morgan fingerprint density at radius 1 is 1.08 bits per heavy atom. The molecule has 0 bridgehead atoms. The number of rotatable bonds is 4. The molecule has 3 nitrogen and oxygen atoms in total. The maximum absolute atomic E-state index is 4.91. The number of benzene rings is 1. The Morgan fingerprint density at radius 2 is 1.67 bits per heavy atom. The average Bonchev–Trinajstić information content (AvgIpc) is 2.16. The summed E-state index contributed by atoms with van der Waals surface area (Å²) in [7, 11) is 3.15. The first-order valence-electron chi connectivity index (χ1n) is 3.76. The van der Waals surface area contributed by atoms with Crippen LogP contribution in [0.25, 0.3) is 0 Å². The van der Waals surface area contributed by atoms with Crippen molar-refractivity contribution < 1.29 is 9.68 Å². The third-order valence-corrected chi connectivity index (χ3v) is 1.56. The van der Waals surface area contributed by atoms with E-state index in [1.54, 1.807) is 14.2 Å². The zero-order chi connectivity index (χ0) is 8.81. The van der Waals surface area contributed by atoms with Gasteiger partial charge in [0.25, 0.3) is 0 Å². The molecule has 3 heteroatoms. The van der Waals surface area contributed by atoms with Gasteiger partial charge in [-0.25, -0.2) is 0 Å². The van der Waals surface area contributed by atoms with Crippen LogP contribution < -0.4 is 0 Å². The Hall–Kier alpha value is -0.900. The van der Waals surface area contributed by atoms with E-state index < -0.39 is 0 Å². The molecule has 0 aromatic heterocycles. The van der Waals surface area contributed by atoms with Gasteiger partial charge >= 0.3 is 0 Å². The van der Waals surface area contributed by atoms with Gasteiger partial charge in [-0.3, -0.25) is 9.68 Å². The third kappa shape index (κ3) is 2.62. The summed E-state index contributed by atoms with van der Waals surface area (Å²) < 4.78 is 0. The summed E-state index contributed by atoms with van der Waals surface area (Å²) >= 11 is 0. The summed E-state index contributed by atoms with van der Waals surface area (Å²) in [5.41, 5.74) is 1.15. The summed E-state index contributed by atoms with van der Waals surface area (Å²) in [6.07, 6.45) is 0. The zero-order valence-electron chi connectivity index (χ0n) is 7.36. The van der Waals surface area contributed by atoms with Gasteiger partial charge in [-0.1, -0.05) is 35.6 Å². The molecule has 0 radical (unpaired) electrons.